The number of hydrogen-bond donors (Lipinski definition) is 2. The van der Waals surface area contributed by atoms with E-state index in [2.05, 4.69) is 15.3 Å². The first kappa shape index (κ1) is 20.1. The molecular weight excluding hydrogens is 374 g/mol. The summed E-state index contributed by atoms with van der Waals surface area (Å²) >= 11 is 1.40. The number of aromatic nitrogens is 2. The summed E-state index contributed by atoms with van der Waals surface area (Å²) in [6.07, 6.45) is 0.730. The molecule has 0 bridgehead atoms. The second-order valence-corrected chi connectivity index (χ2v) is 7.06. The number of hydrogen-bond acceptors (Lipinski definition) is 5. The highest BCUT2D eigenvalue weighted by molar-refractivity contribution is 7.99. The Labute approximate surface area is 169 Å². The van der Waals surface area contributed by atoms with Crippen LogP contribution in [0, 0.1) is 0 Å². The van der Waals surface area contributed by atoms with E-state index in [-0.39, 0.29) is 5.91 Å². The summed E-state index contributed by atoms with van der Waals surface area (Å²) < 4.78 is 11.2. The van der Waals surface area contributed by atoms with Crippen LogP contribution in [0.25, 0.3) is 11.0 Å². The summed E-state index contributed by atoms with van der Waals surface area (Å²) in [6, 6.07) is 13.7. The van der Waals surface area contributed by atoms with Gasteiger partial charge in [0.15, 0.2) is 16.7 Å². The lowest BCUT2D eigenvalue weighted by Gasteiger charge is -2.12. The molecule has 0 spiro atoms. The van der Waals surface area contributed by atoms with E-state index in [1.54, 1.807) is 0 Å². The van der Waals surface area contributed by atoms with Gasteiger partial charge in [-0.15, -0.1) is 0 Å². The standard InChI is InChI=1S/C21H25N3O3S/c1-3-26-18-10-9-15(13-19(18)27-4-2)11-12-22-20(25)14-28-21-23-16-7-5-6-8-17(16)24-21/h5-10,13H,3-4,11-12,14H2,1-2H3,(H,22,25)(H,23,24). The zero-order valence-corrected chi connectivity index (χ0v) is 17.0. The zero-order chi connectivity index (χ0) is 19.8. The first-order chi connectivity index (χ1) is 13.7. The van der Waals surface area contributed by atoms with Crippen molar-refractivity contribution in [2.24, 2.45) is 0 Å². The van der Waals surface area contributed by atoms with E-state index in [0.29, 0.717) is 25.5 Å². The Hall–Kier alpha value is -2.67. The summed E-state index contributed by atoms with van der Waals surface area (Å²) in [4.78, 5) is 19.8. The van der Waals surface area contributed by atoms with Gasteiger partial charge in [-0.2, -0.15) is 0 Å². The Bertz CT molecular complexity index is 893. The van der Waals surface area contributed by atoms with Crippen LogP contribution in [0.3, 0.4) is 0 Å². The van der Waals surface area contributed by atoms with Gasteiger partial charge < -0.3 is 19.8 Å². The van der Waals surface area contributed by atoms with Crippen LogP contribution in [-0.4, -0.2) is 41.4 Å². The van der Waals surface area contributed by atoms with Crippen molar-refractivity contribution >= 4 is 28.7 Å². The van der Waals surface area contributed by atoms with Crippen LogP contribution in [0.1, 0.15) is 19.4 Å². The quantitative estimate of drug-likeness (QED) is 0.507. The van der Waals surface area contributed by atoms with Gasteiger partial charge in [-0.3, -0.25) is 4.79 Å². The molecule has 2 aromatic carbocycles. The Morgan fingerprint density at radius 1 is 1.11 bits per heavy atom. The van der Waals surface area contributed by atoms with E-state index in [4.69, 9.17) is 9.47 Å². The molecule has 0 aliphatic rings. The molecule has 0 saturated carbocycles. The Morgan fingerprint density at radius 3 is 2.68 bits per heavy atom. The average Bonchev–Trinajstić information content (AvgIpc) is 3.12. The average molecular weight is 400 g/mol. The minimum atomic E-state index is -0.0126. The van der Waals surface area contributed by atoms with E-state index in [1.165, 1.54) is 11.8 Å². The van der Waals surface area contributed by atoms with Gasteiger partial charge in [0, 0.05) is 6.54 Å². The van der Waals surface area contributed by atoms with Crippen LogP contribution >= 0.6 is 11.8 Å². The van der Waals surface area contributed by atoms with Gasteiger partial charge in [0.2, 0.25) is 5.91 Å². The zero-order valence-electron chi connectivity index (χ0n) is 16.2. The number of benzene rings is 2. The maximum absolute atomic E-state index is 12.1. The molecule has 7 heteroatoms. The molecule has 0 radical (unpaired) electrons. The third-order valence-corrected chi connectivity index (χ3v) is 4.92. The van der Waals surface area contributed by atoms with Crippen molar-refractivity contribution in [2.45, 2.75) is 25.4 Å². The summed E-state index contributed by atoms with van der Waals surface area (Å²) in [6.45, 7) is 5.64. The molecule has 0 saturated heterocycles. The molecule has 1 amide bonds. The molecule has 0 unspecified atom stereocenters. The predicted octanol–water partition coefficient (Wildman–Crippen LogP) is 3.81. The summed E-state index contributed by atoms with van der Waals surface area (Å²) in [5.74, 6) is 1.81. The number of rotatable bonds is 10. The molecule has 0 atom stereocenters. The van der Waals surface area contributed by atoms with Crippen LogP contribution in [0.2, 0.25) is 0 Å². The maximum Gasteiger partial charge on any atom is 0.230 e. The lowest BCUT2D eigenvalue weighted by atomic mass is 10.1. The van der Waals surface area contributed by atoms with E-state index in [1.807, 2.05) is 56.3 Å². The predicted molar refractivity (Wildman–Crippen MR) is 112 cm³/mol. The highest BCUT2D eigenvalue weighted by Gasteiger charge is 2.08. The number of para-hydroxylation sites is 2. The topological polar surface area (TPSA) is 76.2 Å². The molecule has 0 aliphatic heterocycles. The second kappa shape index (κ2) is 10.0. The number of nitrogens with one attached hydrogen (secondary N) is 2. The fraction of sp³-hybridized carbons (Fsp3) is 0.333. The molecular formula is C21H25N3O3S. The normalized spacial score (nSPS) is 10.8. The van der Waals surface area contributed by atoms with Gasteiger partial charge in [-0.1, -0.05) is 30.0 Å². The van der Waals surface area contributed by atoms with Gasteiger partial charge in [0.25, 0.3) is 0 Å². The molecule has 1 aromatic heterocycles. The molecule has 28 heavy (non-hydrogen) atoms. The minimum absolute atomic E-state index is 0.0126. The van der Waals surface area contributed by atoms with Crippen LogP contribution in [-0.2, 0) is 11.2 Å². The summed E-state index contributed by atoms with van der Waals surface area (Å²) in [5.41, 5.74) is 2.98. The second-order valence-electron chi connectivity index (χ2n) is 6.09. The molecule has 0 fully saturated rings. The first-order valence-electron chi connectivity index (χ1n) is 9.42. The van der Waals surface area contributed by atoms with Crippen molar-refractivity contribution in [3.63, 3.8) is 0 Å². The van der Waals surface area contributed by atoms with Gasteiger partial charge in [0.1, 0.15) is 0 Å². The third-order valence-electron chi connectivity index (χ3n) is 4.05. The first-order valence-corrected chi connectivity index (χ1v) is 10.4. The highest BCUT2D eigenvalue weighted by Crippen LogP contribution is 2.28. The van der Waals surface area contributed by atoms with E-state index in [9.17, 15) is 4.79 Å². The number of carbonyl (C=O) groups excluding carboxylic acids is 1. The van der Waals surface area contributed by atoms with Crippen molar-refractivity contribution < 1.29 is 14.3 Å². The highest BCUT2D eigenvalue weighted by atomic mass is 32.2. The monoisotopic (exact) mass is 399 g/mol. The molecule has 3 aromatic rings. The molecule has 1 heterocycles. The number of fused-ring (bicyclic) bond motifs is 1. The van der Waals surface area contributed by atoms with E-state index in [0.717, 1.165) is 39.7 Å². The summed E-state index contributed by atoms with van der Waals surface area (Å²) in [7, 11) is 0. The van der Waals surface area contributed by atoms with E-state index < -0.39 is 0 Å². The Morgan fingerprint density at radius 2 is 1.89 bits per heavy atom. The molecule has 0 aliphatic carbocycles. The fourth-order valence-corrected chi connectivity index (χ4v) is 3.49. The number of H-pyrrole nitrogens is 1. The minimum Gasteiger partial charge on any atom is -0.490 e. The van der Waals surface area contributed by atoms with Crippen LogP contribution in [0.4, 0.5) is 0 Å². The molecule has 148 valence electrons. The smallest absolute Gasteiger partial charge is 0.230 e. The van der Waals surface area contributed by atoms with E-state index >= 15 is 0 Å². The van der Waals surface area contributed by atoms with Gasteiger partial charge in [-0.05, 0) is 50.1 Å². The Balaban J connectivity index is 1.46. The van der Waals surface area contributed by atoms with Crippen LogP contribution in [0.15, 0.2) is 47.6 Å². The number of ether oxygens (including phenoxy) is 2. The van der Waals surface area contributed by atoms with Crippen molar-refractivity contribution in [2.75, 3.05) is 25.5 Å². The number of imidazole rings is 1. The molecule has 3 rings (SSSR count). The number of thioether (sulfide) groups is 1. The number of carbonyl (C=O) groups is 1. The molecule has 6 nitrogen and oxygen atoms in total. The maximum atomic E-state index is 12.1. The largest absolute Gasteiger partial charge is 0.490 e. The number of amides is 1. The molecule has 2 N–H and O–H groups in total. The Kier molecular flexibility index (Phi) is 7.19. The lowest BCUT2D eigenvalue weighted by Crippen LogP contribution is -2.27. The van der Waals surface area contributed by atoms with Crippen molar-refractivity contribution in [3.8, 4) is 11.5 Å². The number of nitrogens with zero attached hydrogens (tertiary/aromatic N) is 1. The van der Waals surface area contributed by atoms with Gasteiger partial charge in [-0.25, -0.2) is 4.98 Å². The van der Waals surface area contributed by atoms with Crippen molar-refractivity contribution in [3.05, 3.63) is 48.0 Å². The van der Waals surface area contributed by atoms with Gasteiger partial charge in [0.05, 0.1) is 30.0 Å². The van der Waals surface area contributed by atoms with Crippen LogP contribution in [0.5, 0.6) is 11.5 Å². The fourth-order valence-electron chi connectivity index (χ4n) is 2.78. The van der Waals surface area contributed by atoms with Gasteiger partial charge >= 0.3 is 0 Å². The van der Waals surface area contributed by atoms with Crippen molar-refractivity contribution in [1.82, 2.24) is 15.3 Å². The third kappa shape index (κ3) is 5.42. The summed E-state index contributed by atoms with van der Waals surface area (Å²) in [5, 5.41) is 3.71. The van der Waals surface area contributed by atoms with Crippen LogP contribution < -0.4 is 14.8 Å². The lowest BCUT2D eigenvalue weighted by molar-refractivity contribution is -0.118. The number of aromatic amines is 1. The van der Waals surface area contributed by atoms with Crippen molar-refractivity contribution in [1.29, 1.82) is 0 Å². The SMILES string of the molecule is CCOc1ccc(CCNC(=O)CSc2nc3ccccc3[nH]2)cc1OCC.